The SMILES string of the molecule is Cl.NCCCNC(=O)c1ccc(N2CCCC2)c([N+](=O)[O-])c1. The Balaban J connectivity index is 0.00000242. The van der Waals surface area contributed by atoms with Gasteiger partial charge in [-0.2, -0.15) is 0 Å². The molecule has 22 heavy (non-hydrogen) atoms. The Labute approximate surface area is 135 Å². The van der Waals surface area contributed by atoms with Gasteiger partial charge in [0.25, 0.3) is 11.6 Å². The largest absolute Gasteiger partial charge is 0.366 e. The molecule has 1 aliphatic heterocycles. The second-order valence-corrected chi connectivity index (χ2v) is 5.05. The van der Waals surface area contributed by atoms with Crippen molar-refractivity contribution in [2.45, 2.75) is 19.3 Å². The first kappa shape index (κ1) is 18.2. The van der Waals surface area contributed by atoms with Crippen LogP contribution in [0.1, 0.15) is 29.6 Å². The Bertz CT molecular complexity index is 533. The van der Waals surface area contributed by atoms with Crippen molar-refractivity contribution in [3.8, 4) is 0 Å². The van der Waals surface area contributed by atoms with E-state index >= 15 is 0 Å². The molecule has 0 unspecified atom stereocenters. The molecule has 1 saturated heterocycles. The number of nitro groups is 1. The first-order valence-electron chi connectivity index (χ1n) is 7.15. The van der Waals surface area contributed by atoms with Crippen LogP contribution in [0, 0.1) is 10.1 Å². The van der Waals surface area contributed by atoms with Crippen LogP contribution in [0.25, 0.3) is 0 Å². The number of carbonyl (C=O) groups is 1. The van der Waals surface area contributed by atoms with E-state index in [1.54, 1.807) is 12.1 Å². The summed E-state index contributed by atoms with van der Waals surface area (Å²) < 4.78 is 0. The summed E-state index contributed by atoms with van der Waals surface area (Å²) >= 11 is 0. The molecule has 0 bridgehead atoms. The van der Waals surface area contributed by atoms with Gasteiger partial charge in [0.05, 0.1) is 4.92 Å². The molecule has 2 rings (SSSR count). The lowest BCUT2D eigenvalue weighted by Gasteiger charge is -2.17. The molecule has 1 aromatic rings. The summed E-state index contributed by atoms with van der Waals surface area (Å²) in [5, 5.41) is 13.9. The number of nitrogens with one attached hydrogen (secondary N) is 1. The van der Waals surface area contributed by atoms with Crippen molar-refractivity contribution in [1.29, 1.82) is 0 Å². The van der Waals surface area contributed by atoms with E-state index in [0.29, 0.717) is 30.8 Å². The number of nitrogens with two attached hydrogens (primary N) is 1. The number of nitro benzene ring substituents is 1. The zero-order valence-corrected chi connectivity index (χ0v) is 13.1. The molecule has 0 atom stereocenters. The Hall–Kier alpha value is -1.86. The molecule has 0 aliphatic carbocycles. The average molecular weight is 329 g/mol. The third-order valence-corrected chi connectivity index (χ3v) is 3.55. The van der Waals surface area contributed by atoms with Crippen LogP contribution in [0.2, 0.25) is 0 Å². The predicted octanol–water partition coefficient (Wildman–Crippen LogP) is 1.70. The van der Waals surface area contributed by atoms with E-state index in [2.05, 4.69) is 5.32 Å². The van der Waals surface area contributed by atoms with E-state index in [1.807, 2.05) is 4.90 Å². The minimum atomic E-state index is -0.426. The van der Waals surface area contributed by atoms with Crippen molar-refractivity contribution in [2.75, 3.05) is 31.1 Å². The number of nitrogens with zero attached hydrogens (tertiary/aromatic N) is 2. The molecule has 1 heterocycles. The lowest BCUT2D eigenvalue weighted by atomic mass is 10.1. The van der Waals surface area contributed by atoms with Crippen LogP contribution in [-0.4, -0.2) is 37.0 Å². The Morgan fingerprint density at radius 3 is 2.64 bits per heavy atom. The van der Waals surface area contributed by atoms with Gasteiger partial charge in [0, 0.05) is 31.3 Å². The highest BCUT2D eigenvalue weighted by Crippen LogP contribution is 2.31. The number of anilines is 1. The Morgan fingerprint density at radius 1 is 1.36 bits per heavy atom. The number of benzene rings is 1. The topological polar surface area (TPSA) is 102 Å². The van der Waals surface area contributed by atoms with Crippen molar-refractivity contribution >= 4 is 29.7 Å². The molecule has 0 aromatic heterocycles. The van der Waals surface area contributed by atoms with Crippen molar-refractivity contribution in [3.63, 3.8) is 0 Å². The van der Waals surface area contributed by atoms with E-state index in [0.717, 1.165) is 25.9 Å². The van der Waals surface area contributed by atoms with Gasteiger partial charge in [-0.1, -0.05) is 0 Å². The summed E-state index contributed by atoms with van der Waals surface area (Å²) in [6.07, 6.45) is 2.76. The quantitative estimate of drug-likeness (QED) is 0.470. The number of rotatable bonds is 6. The summed E-state index contributed by atoms with van der Waals surface area (Å²) in [4.78, 5) is 24.8. The lowest BCUT2D eigenvalue weighted by molar-refractivity contribution is -0.384. The molecule has 0 spiro atoms. The van der Waals surface area contributed by atoms with Gasteiger partial charge >= 0.3 is 0 Å². The number of halogens is 1. The fraction of sp³-hybridized carbons (Fsp3) is 0.500. The van der Waals surface area contributed by atoms with E-state index in [9.17, 15) is 14.9 Å². The Kier molecular flexibility index (Phi) is 7.07. The number of hydrogen-bond donors (Lipinski definition) is 2. The highest BCUT2D eigenvalue weighted by molar-refractivity contribution is 5.95. The summed E-state index contributed by atoms with van der Waals surface area (Å²) in [5.41, 5.74) is 6.25. The molecular formula is C14H21ClN4O3. The van der Waals surface area contributed by atoms with Crippen LogP contribution in [-0.2, 0) is 0 Å². The van der Waals surface area contributed by atoms with Crippen LogP contribution >= 0.6 is 12.4 Å². The normalized spacial score (nSPS) is 13.6. The summed E-state index contributed by atoms with van der Waals surface area (Å²) in [5.74, 6) is -0.306. The zero-order valence-electron chi connectivity index (χ0n) is 12.3. The minimum absolute atomic E-state index is 0. The highest BCUT2D eigenvalue weighted by Gasteiger charge is 2.23. The maximum absolute atomic E-state index is 11.9. The van der Waals surface area contributed by atoms with Crippen LogP contribution in [0.3, 0.4) is 0 Å². The number of hydrogen-bond acceptors (Lipinski definition) is 5. The smallest absolute Gasteiger partial charge is 0.293 e. The third-order valence-electron chi connectivity index (χ3n) is 3.55. The van der Waals surface area contributed by atoms with Crippen LogP contribution in [0.4, 0.5) is 11.4 Å². The molecule has 7 nitrogen and oxygen atoms in total. The van der Waals surface area contributed by atoms with Gasteiger partial charge in [0.15, 0.2) is 0 Å². The second kappa shape index (κ2) is 8.55. The first-order chi connectivity index (χ1) is 10.1. The molecule has 1 aliphatic rings. The molecule has 122 valence electrons. The van der Waals surface area contributed by atoms with Gasteiger partial charge in [0.1, 0.15) is 5.69 Å². The summed E-state index contributed by atoms with van der Waals surface area (Å²) in [7, 11) is 0. The van der Waals surface area contributed by atoms with E-state index in [1.165, 1.54) is 6.07 Å². The van der Waals surface area contributed by atoms with Gasteiger partial charge in [-0.25, -0.2) is 0 Å². The standard InChI is InChI=1S/C14H20N4O3.ClH/c15-6-3-7-16-14(19)11-4-5-12(13(10-11)18(20)21)17-8-1-2-9-17;/h4-5,10H,1-3,6-9,15H2,(H,16,19);1H. The van der Waals surface area contributed by atoms with Gasteiger partial charge in [-0.05, 0) is 37.9 Å². The number of carbonyl (C=O) groups excluding carboxylic acids is 1. The molecule has 1 amide bonds. The fourth-order valence-electron chi connectivity index (χ4n) is 2.44. The molecule has 0 saturated carbocycles. The number of amides is 1. The van der Waals surface area contributed by atoms with Crippen molar-refractivity contribution in [3.05, 3.63) is 33.9 Å². The van der Waals surface area contributed by atoms with Gasteiger partial charge in [0.2, 0.25) is 0 Å². The molecule has 1 fully saturated rings. The third kappa shape index (κ3) is 4.32. The molecular weight excluding hydrogens is 308 g/mol. The molecule has 0 radical (unpaired) electrons. The first-order valence-corrected chi connectivity index (χ1v) is 7.15. The van der Waals surface area contributed by atoms with Gasteiger partial charge in [-0.3, -0.25) is 14.9 Å². The molecule has 1 aromatic carbocycles. The summed E-state index contributed by atoms with van der Waals surface area (Å²) in [6.45, 7) is 2.61. The van der Waals surface area contributed by atoms with E-state index in [4.69, 9.17) is 5.73 Å². The predicted molar refractivity (Wildman–Crippen MR) is 87.8 cm³/mol. The fourth-order valence-corrected chi connectivity index (χ4v) is 2.44. The monoisotopic (exact) mass is 328 g/mol. The van der Waals surface area contributed by atoms with E-state index in [-0.39, 0.29) is 24.0 Å². The zero-order chi connectivity index (χ0) is 15.2. The minimum Gasteiger partial charge on any atom is -0.366 e. The van der Waals surface area contributed by atoms with Crippen molar-refractivity contribution in [1.82, 2.24) is 5.32 Å². The average Bonchev–Trinajstić information content (AvgIpc) is 3.00. The van der Waals surface area contributed by atoms with Crippen molar-refractivity contribution < 1.29 is 9.72 Å². The highest BCUT2D eigenvalue weighted by atomic mass is 35.5. The van der Waals surface area contributed by atoms with Gasteiger partial charge in [-0.15, -0.1) is 12.4 Å². The van der Waals surface area contributed by atoms with E-state index < -0.39 is 4.92 Å². The van der Waals surface area contributed by atoms with Gasteiger partial charge < -0.3 is 16.0 Å². The molecule has 3 N–H and O–H groups in total. The van der Waals surface area contributed by atoms with Crippen LogP contribution in [0.15, 0.2) is 18.2 Å². The maximum atomic E-state index is 11.9. The second-order valence-electron chi connectivity index (χ2n) is 5.05. The van der Waals surface area contributed by atoms with Crippen LogP contribution in [0.5, 0.6) is 0 Å². The molecule has 8 heteroatoms. The van der Waals surface area contributed by atoms with Crippen molar-refractivity contribution in [2.24, 2.45) is 5.73 Å². The van der Waals surface area contributed by atoms with Crippen LogP contribution < -0.4 is 16.0 Å². The summed E-state index contributed by atoms with van der Waals surface area (Å²) in [6, 6.07) is 4.66. The maximum Gasteiger partial charge on any atom is 0.293 e. The Morgan fingerprint density at radius 2 is 2.05 bits per heavy atom. The lowest BCUT2D eigenvalue weighted by Crippen LogP contribution is -2.26.